The van der Waals surface area contributed by atoms with Crippen molar-refractivity contribution in [1.82, 2.24) is 53.8 Å². The zero-order valence-corrected chi connectivity index (χ0v) is 53.4. The molecule has 0 unspecified atom stereocenters. The van der Waals surface area contributed by atoms with Crippen molar-refractivity contribution in [3.8, 4) is 34.2 Å². The second kappa shape index (κ2) is 27.7. The standard InChI is InChI=1S/C23H29N5OS.C22H25ClN4O2S.C18H17BrClN3O2/c29-19-8-6-17(7-9-19)24-22-20-14-18(15-28-10-12-30-13-11-28)25-23(20)27-21(26-22)16-4-2-1-3-5-16;1-22(2,3)29-21(28)27-16(14-26-9-11-30-12-10-26)13-17-18(23)24-19(25-20(17)27)15-7-5-4-6-8-15;1-18(2,3)25-17(24)23-12(10-19)9-13-14(20)21-15(22-16(13)23)11-7-5-4-6-8-11/h1-5,14,17,19,29H,6-13,15H2,(H2,24,25,26,27);4-8,13H,9-12,14H2,1-3H3;4-9H,10H2,1-3H3. The maximum absolute atomic E-state index is 13.2. The van der Waals surface area contributed by atoms with E-state index in [1.807, 2.05) is 150 Å². The summed E-state index contributed by atoms with van der Waals surface area (Å²) in [6.07, 6.45) is 2.53. The van der Waals surface area contributed by atoms with Crippen LogP contribution in [0.3, 0.4) is 0 Å². The Kier molecular flexibility index (Phi) is 20.2. The Morgan fingerprint density at radius 3 is 1.49 bits per heavy atom. The second-order valence-electron chi connectivity index (χ2n) is 23.2. The van der Waals surface area contributed by atoms with Gasteiger partial charge >= 0.3 is 12.2 Å². The molecule has 0 atom stereocenters. The summed E-state index contributed by atoms with van der Waals surface area (Å²) in [5, 5.41) is 16.9. The molecule has 2 saturated heterocycles. The third-order valence-corrected chi connectivity index (χ3v) is 17.4. The van der Waals surface area contributed by atoms with Crippen LogP contribution in [0, 0.1) is 0 Å². The largest absolute Gasteiger partial charge is 0.443 e. The van der Waals surface area contributed by atoms with Gasteiger partial charge in [0.1, 0.15) is 33.0 Å². The number of hydrogen-bond donors (Lipinski definition) is 3. The highest BCUT2D eigenvalue weighted by Crippen LogP contribution is 2.34. The average Bonchev–Trinajstić information content (AvgIpc) is 1.97. The SMILES string of the molecule is CC(C)(C)OC(=O)n1c(CBr)cc2c(Cl)nc(-c3ccccc3)nc21.CC(C)(C)OC(=O)n1c(CN2CCSCC2)cc2c(Cl)nc(-c3ccccc3)nc21.OC1CCC(Nc2nc(-c3ccccc3)nc3[nH]c(CN4CCSCC4)cc23)CC1. The Morgan fingerprint density at radius 1 is 0.600 bits per heavy atom. The normalized spacial score (nSPS) is 17.0. The number of ether oxygens (including phenoxy) is 2. The van der Waals surface area contributed by atoms with Gasteiger partial charge in [-0.2, -0.15) is 23.5 Å². The quantitative estimate of drug-likeness (QED) is 0.0863. The van der Waals surface area contributed by atoms with E-state index < -0.39 is 23.4 Å². The van der Waals surface area contributed by atoms with E-state index in [1.165, 1.54) is 21.8 Å². The van der Waals surface area contributed by atoms with Gasteiger partial charge in [-0.3, -0.25) is 9.80 Å². The average molecular weight is 1290 g/mol. The molecule has 22 heteroatoms. The number of aliphatic hydroxyl groups excluding tert-OH is 1. The molecule has 6 aromatic heterocycles. The number of nitrogens with one attached hydrogen (secondary N) is 2. The Labute approximate surface area is 522 Å². The number of aliphatic hydroxyl groups is 1. The first kappa shape index (κ1) is 62.0. The molecule has 0 bridgehead atoms. The Hall–Kier alpha value is -6.10. The van der Waals surface area contributed by atoms with Crippen molar-refractivity contribution in [2.75, 3.05) is 54.5 Å². The van der Waals surface area contributed by atoms with Crippen LogP contribution in [0.1, 0.15) is 84.3 Å². The third-order valence-electron chi connectivity index (χ3n) is 14.3. The lowest BCUT2D eigenvalue weighted by molar-refractivity contribution is 0.0526. The molecule has 2 aliphatic heterocycles. The molecule has 0 amide bonds. The lowest BCUT2D eigenvalue weighted by Crippen LogP contribution is -2.34. The second-order valence-corrected chi connectivity index (χ2v) is 26.9. The van der Waals surface area contributed by atoms with Crippen LogP contribution in [0.5, 0.6) is 0 Å². The molecule has 1 saturated carbocycles. The highest BCUT2D eigenvalue weighted by molar-refractivity contribution is 9.08. The Bertz CT molecular complexity index is 3750. The fourth-order valence-electron chi connectivity index (χ4n) is 10.2. The zero-order chi connectivity index (χ0) is 59.8. The number of H-pyrrole nitrogens is 1. The van der Waals surface area contributed by atoms with Crippen LogP contribution in [0.4, 0.5) is 15.4 Å². The van der Waals surface area contributed by atoms with Gasteiger partial charge in [0.25, 0.3) is 0 Å². The summed E-state index contributed by atoms with van der Waals surface area (Å²) in [5.41, 5.74) is 5.96. The lowest BCUT2D eigenvalue weighted by Gasteiger charge is -2.27. The number of anilines is 1. The monoisotopic (exact) mass is 1290 g/mol. The van der Waals surface area contributed by atoms with Crippen LogP contribution < -0.4 is 5.32 Å². The maximum Gasteiger partial charge on any atom is 0.420 e. The number of aromatic nitrogens is 9. The van der Waals surface area contributed by atoms with Gasteiger partial charge in [0.15, 0.2) is 28.8 Å². The van der Waals surface area contributed by atoms with E-state index >= 15 is 0 Å². The molecule has 9 aromatic rings. The molecule has 3 aromatic carbocycles. The molecule has 3 fully saturated rings. The molecule has 1 aliphatic carbocycles. The number of rotatable bonds is 10. The summed E-state index contributed by atoms with van der Waals surface area (Å²) in [4.78, 5) is 62.2. The van der Waals surface area contributed by atoms with Crippen molar-refractivity contribution in [1.29, 1.82) is 0 Å². The lowest BCUT2D eigenvalue weighted by atomic mass is 9.93. The Balaban J connectivity index is 0.000000143. The molecule has 3 N–H and O–H groups in total. The number of fused-ring (bicyclic) bond motifs is 3. The first-order chi connectivity index (χ1) is 40.9. The smallest absolute Gasteiger partial charge is 0.420 e. The number of aromatic amines is 1. The molecule has 12 rings (SSSR count). The molecule has 3 aliphatic rings. The molecular weight excluding hydrogens is 1220 g/mol. The number of thioether (sulfide) groups is 2. The van der Waals surface area contributed by atoms with E-state index in [9.17, 15) is 14.7 Å². The van der Waals surface area contributed by atoms with E-state index in [1.54, 1.807) is 10.6 Å². The highest BCUT2D eigenvalue weighted by atomic mass is 79.9. The van der Waals surface area contributed by atoms with E-state index in [0.717, 1.165) is 115 Å². The number of halogens is 3. The minimum atomic E-state index is -0.619. The highest BCUT2D eigenvalue weighted by Gasteiger charge is 2.29. The minimum Gasteiger partial charge on any atom is -0.443 e. The van der Waals surface area contributed by atoms with Gasteiger partial charge in [0.2, 0.25) is 0 Å². The van der Waals surface area contributed by atoms with E-state index in [0.29, 0.717) is 67.6 Å². The zero-order valence-electron chi connectivity index (χ0n) is 48.7. The predicted molar refractivity (Wildman–Crippen MR) is 348 cm³/mol. The van der Waals surface area contributed by atoms with Crippen LogP contribution in [-0.4, -0.2) is 144 Å². The molecule has 85 heavy (non-hydrogen) atoms. The molecule has 0 radical (unpaired) electrons. The van der Waals surface area contributed by atoms with Gasteiger partial charge in [-0.15, -0.1) is 0 Å². The van der Waals surface area contributed by atoms with Crippen LogP contribution in [0.25, 0.3) is 67.3 Å². The fourth-order valence-corrected chi connectivity index (χ4v) is 13.0. The van der Waals surface area contributed by atoms with E-state index in [-0.39, 0.29) is 6.10 Å². The molecule has 0 spiro atoms. The molecule has 8 heterocycles. The van der Waals surface area contributed by atoms with Crippen molar-refractivity contribution >= 4 is 114 Å². The van der Waals surface area contributed by atoms with Crippen molar-refractivity contribution in [2.45, 2.75) is 109 Å². The number of hydrogen-bond acceptors (Lipinski definition) is 16. The summed E-state index contributed by atoms with van der Waals surface area (Å²) in [7, 11) is 0. The number of carbonyl (C=O) groups is 2. The predicted octanol–water partition coefficient (Wildman–Crippen LogP) is 14.4. The first-order valence-electron chi connectivity index (χ1n) is 28.7. The van der Waals surface area contributed by atoms with E-state index in [2.05, 4.69) is 69.2 Å². The van der Waals surface area contributed by atoms with Crippen molar-refractivity contribution < 1.29 is 24.2 Å². The summed E-state index contributed by atoms with van der Waals surface area (Å²) >= 11 is 20.3. The van der Waals surface area contributed by atoms with Crippen LogP contribution in [0.15, 0.2) is 109 Å². The van der Waals surface area contributed by atoms with Gasteiger partial charge < -0.3 is 24.9 Å². The number of benzene rings is 3. The third kappa shape index (κ3) is 15.9. The number of alkyl halides is 1. The fraction of sp³-hybridized carbons (Fsp3) is 0.397. The summed E-state index contributed by atoms with van der Waals surface area (Å²) in [6, 6.07) is 35.5. The number of nitrogens with zero attached hydrogens (tertiary/aromatic N) is 10. The Morgan fingerprint density at radius 2 is 1.04 bits per heavy atom. The van der Waals surface area contributed by atoms with Crippen LogP contribution in [0.2, 0.25) is 10.3 Å². The van der Waals surface area contributed by atoms with Crippen LogP contribution in [-0.2, 0) is 27.9 Å². The molecular formula is C63H71BrCl2N12O5S2. The van der Waals surface area contributed by atoms with Crippen molar-refractivity contribution in [2.24, 2.45) is 0 Å². The molecule has 446 valence electrons. The summed E-state index contributed by atoms with van der Waals surface area (Å²) in [5.74, 6) is 7.17. The van der Waals surface area contributed by atoms with Crippen molar-refractivity contribution in [3.63, 3.8) is 0 Å². The van der Waals surface area contributed by atoms with Gasteiger partial charge in [0.05, 0.1) is 22.3 Å². The van der Waals surface area contributed by atoms with Gasteiger partial charge in [-0.25, -0.2) is 48.6 Å². The van der Waals surface area contributed by atoms with Crippen molar-refractivity contribution in [3.05, 3.63) is 137 Å². The molecule has 17 nitrogen and oxygen atoms in total. The van der Waals surface area contributed by atoms with Gasteiger partial charge in [-0.05, 0) is 85.4 Å². The number of carbonyl (C=O) groups excluding carboxylic acids is 2. The topological polar surface area (TPSA) is 194 Å². The van der Waals surface area contributed by atoms with Crippen LogP contribution >= 0.6 is 62.7 Å². The first-order valence-corrected chi connectivity index (χ1v) is 32.8. The van der Waals surface area contributed by atoms with Gasteiger partial charge in [0, 0.05) is 107 Å². The minimum absolute atomic E-state index is 0.157. The summed E-state index contributed by atoms with van der Waals surface area (Å²) in [6.45, 7) is 16.8. The van der Waals surface area contributed by atoms with Gasteiger partial charge in [-0.1, -0.05) is 130 Å². The van der Waals surface area contributed by atoms with E-state index in [4.69, 9.17) is 47.6 Å². The maximum atomic E-state index is 13.2. The summed E-state index contributed by atoms with van der Waals surface area (Å²) < 4.78 is 14.2.